The van der Waals surface area contributed by atoms with E-state index in [0.29, 0.717) is 23.5 Å². The zero-order valence-electron chi connectivity index (χ0n) is 18.7. The summed E-state index contributed by atoms with van der Waals surface area (Å²) in [4.78, 5) is 38.2. The Labute approximate surface area is 197 Å². The van der Waals surface area contributed by atoms with Crippen LogP contribution in [0.3, 0.4) is 0 Å². The van der Waals surface area contributed by atoms with Crippen LogP contribution in [0.5, 0.6) is 0 Å². The van der Waals surface area contributed by atoms with Gasteiger partial charge in [-0.15, -0.1) is 11.3 Å². The molecule has 0 unspecified atom stereocenters. The number of thiophene rings is 1. The fraction of sp³-hybridized carbons (Fsp3) is 0.320. The van der Waals surface area contributed by atoms with Crippen molar-refractivity contribution in [2.45, 2.75) is 13.5 Å². The van der Waals surface area contributed by atoms with E-state index in [1.54, 1.807) is 0 Å². The number of aromatic nitrogens is 1. The third-order valence-electron chi connectivity index (χ3n) is 6.34. The maximum atomic E-state index is 13.0. The van der Waals surface area contributed by atoms with E-state index in [0.717, 1.165) is 48.9 Å². The van der Waals surface area contributed by atoms with E-state index in [1.807, 2.05) is 66.7 Å². The van der Waals surface area contributed by atoms with Gasteiger partial charge in [0.05, 0.1) is 4.88 Å². The van der Waals surface area contributed by atoms with Crippen molar-refractivity contribution < 1.29 is 9.59 Å². The summed E-state index contributed by atoms with van der Waals surface area (Å²) < 4.78 is 0. The predicted molar refractivity (Wildman–Crippen MR) is 131 cm³/mol. The first kappa shape index (κ1) is 21.6. The summed E-state index contributed by atoms with van der Waals surface area (Å²) in [6.07, 6.45) is 3.66. The van der Waals surface area contributed by atoms with Gasteiger partial charge in [0.2, 0.25) is 0 Å². The minimum absolute atomic E-state index is 0.0449. The van der Waals surface area contributed by atoms with E-state index in [2.05, 4.69) is 20.1 Å². The Morgan fingerprint density at radius 3 is 2.55 bits per heavy atom. The number of aryl methyl sites for hydroxylation is 1. The molecule has 1 aromatic carbocycles. The molecule has 0 aliphatic carbocycles. The molecule has 4 heterocycles. The normalized spacial score (nSPS) is 16.2. The van der Waals surface area contributed by atoms with Crippen molar-refractivity contribution in [1.29, 1.82) is 0 Å². The Kier molecular flexibility index (Phi) is 6.11. The van der Waals surface area contributed by atoms with Crippen LogP contribution in [0.2, 0.25) is 0 Å². The van der Waals surface area contributed by atoms with Gasteiger partial charge in [-0.05, 0) is 43.3 Å². The fourth-order valence-electron chi connectivity index (χ4n) is 4.48. The first-order valence-electron chi connectivity index (χ1n) is 11.2. The Hall–Kier alpha value is -3.23. The second kappa shape index (κ2) is 9.33. The van der Waals surface area contributed by atoms with Crippen molar-refractivity contribution >= 4 is 34.5 Å². The van der Waals surface area contributed by atoms with Crippen molar-refractivity contribution in [2.75, 3.05) is 49.5 Å². The lowest BCUT2D eigenvalue weighted by Gasteiger charge is -2.36. The van der Waals surface area contributed by atoms with Crippen LogP contribution in [0.15, 0.2) is 54.9 Å². The van der Waals surface area contributed by atoms with E-state index < -0.39 is 0 Å². The SMILES string of the molecule is Cc1ccc(C(=O)Nc2cccc3c2CN(CCN2CCN(c4ccncc4)CC2)C3=O)s1. The van der Waals surface area contributed by atoms with Crippen molar-refractivity contribution in [3.8, 4) is 0 Å². The summed E-state index contributed by atoms with van der Waals surface area (Å²) in [5, 5.41) is 3.01. The molecule has 33 heavy (non-hydrogen) atoms. The highest BCUT2D eigenvalue weighted by molar-refractivity contribution is 7.14. The van der Waals surface area contributed by atoms with Gasteiger partial charge in [-0.2, -0.15) is 0 Å². The number of rotatable bonds is 6. The number of benzene rings is 1. The van der Waals surface area contributed by atoms with Gasteiger partial charge >= 0.3 is 0 Å². The van der Waals surface area contributed by atoms with Gasteiger partial charge in [-0.3, -0.25) is 19.5 Å². The maximum Gasteiger partial charge on any atom is 0.265 e. The van der Waals surface area contributed by atoms with Crippen LogP contribution < -0.4 is 10.2 Å². The van der Waals surface area contributed by atoms with Crippen LogP contribution in [0.4, 0.5) is 11.4 Å². The number of pyridine rings is 1. The first-order chi connectivity index (χ1) is 16.1. The average molecular weight is 462 g/mol. The van der Waals surface area contributed by atoms with E-state index in [9.17, 15) is 9.59 Å². The number of hydrogen-bond acceptors (Lipinski definition) is 6. The molecular formula is C25H27N5O2S. The molecule has 3 aromatic rings. The molecule has 0 radical (unpaired) electrons. The minimum atomic E-state index is -0.125. The summed E-state index contributed by atoms with van der Waals surface area (Å²) >= 11 is 1.47. The molecule has 0 atom stereocenters. The number of carbonyl (C=O) groups is 2. The number of hydrogen-bond donors (Lipinski definition) is 1. The molecule has 0 spiro atoms. The number of piperazine rings is 1. The third-order valence-corrected chi connectivity index (χ3v) is 7.34. The molecule has 1 saturated heterocycles. The average Bonchev–Trinajstić information content (AvgIpc) is 3.42. The van der Waals surface area contributed by atoms with Crippen LogP contribution in [0, 0.1) is 6.92 Å². The molecule has 8 heteroatoms. The smallest absolute Gasteiger partial charge is 0.265 e. The lowest BCUT2D eigenvalue weighted by atomic mass is 10.1. The number of fused-ring (bicyclic) bond motifs is 1. The van der Waals surface area contributed by atoms with Crippen LogP contribution in [0.1, 0.15) is 30.5 Å². The zero-order chi connectivity index (χ0) is 22.8. The van der Waals surface area contributed by atoms with Crippen LogP contribution in [0.25, 0.3) is 0 Å². The van der Waals surface area contributed by atoms with Gasteiger partial charge in [0.15, 0.2) is 0 Å². The molecule has 2 aliphatic heterocycles. The third kappa shape index (κ3) is 4.62. The highest BCUT2D eigenvalue weighted by atomic mass is 32.1. The van der Waals surface area contributed by atoms with E-state index in [1.165, 1.54) is 17.0 Å². The van der Waals surface area contributed by atoms with E-state index in [-0.39, 0.29) is 11.8 Å². The van der Waals surface area contributed by atoms with Crippen molar-refractivity contribution in [3.05, 3.63) is 75.7 Å². The summed E-state index contributed by atoms with van der Waals surface area (Å²) in [6, 6.07) is 13.5. The monoisotopic (exact) mass is 461 g/mol. The van der Waals surface area contributed by atoms with Crippen molar-refractivity contribution in [3.63, 3.8) is 0 Å². The standard InChI is InChI=1S/C25H27N5O2S/c1-18-5-6-23(33-18)24(31)27-22-4-2-3-20-21(22)17-30(25(20)32)16-13-28-11-14-29(15-12-28)19-7-9-26-10-8-19/h2-10H,11-17H2,1H3,(H,27,31). The van der Waals surface area contributed by atoms with Crippen LogP contribution in [-0.2, 0) is 6.54 Å². The molecule has 2 aromatic heterocycles. The lowest BCUT2D eigenvalue weighted by Crippen LogP contribution is -2.48. The Morgan fingerprint density at radius 2 is 1.82 bits per heavy atom. The molecule has 0 saturated carbocycles. The quantitative estimate of drug-likeness (QED) is 0.609. The Balaban J connectivity index is 1.18. The molecule has 2 aliphatic rings. The lowest BCUT2D eigenvalue weighted by molar-refractivity contribution is 0.0756. The summed E-state index contributed by atoms with van der Waals surface area (Å²) in [6.45, 7) is 7.92. The number of carbonyl (C=O) groups excluding carboxylic acids is 2. The van der Waals surface area contributed by atoms with Crippen molar-refractivity contribution in [1.82, 2.24) is 14.8 Å². The molecule has 170 valence electrons. The Morgan fingerprint density at radius 1 is 1.03 bits per heavy atom. The predicted octanol–water partition coefficient (Wildman–Crippen LogP) is 3.48. The second-order valence-corrected chi connectivity index (χ2v) is 9.74. The molecule has 0 bridgehead atoms. The summed E-state index contributed by atoms with van der Waals surface area (Å²) in [5.41, 5.74) is 3.54. The molecule has 7 nitrogen and oxygen atoms in total. The molecule has 2 amide bonds. The number of amides is 2. The van der Waals surface area contributed by atoms with Crippen LogP contribution in [-0.4, -0.2) is 65.9 Å². The first-order valence-corrected chi connectivity index (χ1v) is 12.1. The van der Waals surface area contributed by atoms with Gasteiger partial charge in [-0.1, -0.05) is 6.07 Å². The van der Waals surface area contributed by atoms with Gasteiger partial charge in [0.1, 0.15) is 0 Å². The summed E-state index contributed by atoms with van der Waals surface area (Å²) in [7, 11) is 0. The van der Waals surface area contributed by atoms with Gasteiger partial charge in [-0.25, -0.2) is 0 Å². The molecule has 1 N–H and O–H groups in total. The highest BCUT2D eigenvalue weighted by Crippen LogP contribution is 2.30. The van der Waals surface area contributed by atoms with Crippen molar-refractivity contribution in [2.24, 2.45) is 0 Å². The summed E-state index contributed by atoms with van der Waals surface area (Å²) in [5.74, 6) is -0.0806. The topological polar surface area (TPSA) is 68.8 Å². The molecule has 1 fully saturated rings. The number of nitrogens with one attached hydrogen (secondary N) is 1. The van der Waals surface area contributed by atoms with Gasteiger partial charge < -0.3 is 15.1 Å². The van der Waals surface area contributed by atoms with Crippen LogP contribution >= 0.6 is 11.3 Å². The second-order valence-electron chi connectivity index (χ2n) is 8.46. The van der Waals surface area contributed by atoms with Gasteiger partial charge in [0.25, 0.3) is 11.8 Å². The highest BCUT2D eigenvalue weighted by Gasteiger charge is 2.30. The minimum Gasteiger partial charge on any atom is -0.369 e. The largest absolute Gasteiger partial charge is 0.369 e. The fourth-order valence-corrected chi connectivity index (χ4v) is 5.24. The van der Waals surface area contributed by atoms with E-state index >= 15 is 0 Å². The molecule has 5 rings (SSSR count). The van der Waals surface area contributed by atoms with E-state index in [4.69, 9.17) is 0 Å². The maximum absolute atomic E-state index is 13.0. The Bertz CT molecular complexity index is 1150. The van der Waals surface area contributed by atoms with Gasteiger partial charge in [0, 0.05) is 85.6 Å². The number of anilines is 2. The number of nitrogens with zero attached hydrogens (tertiary/aromatic N) is 4. The molecular weight excluding hydrogens is 434 g/mol. The zero-order valence-corrected chi connectivity index (χ0v) is 19.5.